The molecule has 0 aromatic carbocycles. The smallest absolute Gasteiger partial charge is 0.435 e. The predicted octanol–water partition coefficient (Wildman–Crippen LogP) is 3.08. The molecule has 0 saturated carbocycles. The molecule has 0 aliphatic carbocycles. The van der Waals surface area contributed by atoms with Gasteiger partial charge in [-0.2, -0.15) is 13.2 Å². The second-order valence-electron chi connectivity index (χ2n) is 4.13. The van der Waals surface area contributed by atoms with Crippen LogP contribution in [0.2, 0.25) is 0 Å². The molecule has 12 heteroatoms. The van der Waals surface area contributed by atoms with Gasteiger partial charge in [0.25, 0.3) is 5.56 Å². The highest BCUT2D eigenvalue weighted by molar-refractivity contribution is 7.17. The van der Waals surface area contributed by atoms with E-state index < -0.39 is 29.1 Å². The Morgan fingerprint density at radius 2 is 2.04 bits per heavy atom. The van der Waals surface area contributed by atoms with E-state index in [0.717, 1.165) is 11.3 Å². The van der Waals surface area contributed by atoms with E-state index in [1.54, 1.807) is 17.1 Å². The van der Waals surface area contributed by atoms with Crippen molar-refractivity contribution in [2.45, 2.75) is 20.0 Å². The largest absolute Gasteiger partial charge is 0.462 e. The molecule has 0 amide bonds. The average molecular weight is 349 g/mol. The number of aromatic nitrogens is 3. The van der Waals surface area contributed by atoms with Crippen molar-refractivity contribution in [2.75, 3.05) is 6.61 Å². The molecule has 2 N–H and O–H groups in total. The van der Waals surface area contributed by atoms with E-state index in [2.05, 4.69) is 15.2 Å². The Labute approximate surface area is 130 Å². The molecule has 2 rings (SSSR count). The summed E-state index contributed by atoms with van der Waals surface area (Å²) in [4.78, 5) is 27.0. The fourth-order valence-corrected chi connectivity index (χ4v) is 2.34. The van der Waals surface area contributed by atoms with Crippen LogP contribution in [0.15, 0.2) is 15.0 Å². The van der Waals surface area contributed by atoms with Crippen molar-refractivity contribution in [3.63, 3.8) is 0 Å². The summed E-state index contributed by atoms with van der Waals surface area (Å²) in [7, 11) is 0. The number of nitrogens with one attached hydrogen (secondary N) is 2. The number of carbonyl (C=O) groups excluding carboxylic acids is 1. The molecule has 124 valence electrons. The number of halogens is 3. The zero-order valence-corrected chi connectivity index (χ0v) is 12.6. The first-order valence-corrected chi connectivity index (χ1v) is 6.99. The predicted molar refractivity (Wildman–Crippen MR) is 73.4 cm³/mol. The van der Waals surface area contributed by atoms with Gasteiger partial charge in [0.2, 0.25) is 5.13 Å². The Balaban J connectivity index is 2.32. The standard InChI is InChI=1S/C11H10F3N5O3S/c1-3-22-9(21)6-4(2)15-10(23-6)19-16-5-7(11(12,13)14)17-18-8(5)20/h3H2,1-2H3,(H2,17,18,20). The third-order valence-corrected chi connectivity index (χ3v) is 3.54. The number of hydrogen-bond donors (Lipinski definition) is 2. The molecule has 2 aromatic heterocycles. The summed E-state index contributed by atoms with van der Waals surface area (Å²) in [5.74, 6) is -0.612. The summed E-state index contributed by atoms with van der Waals surface area (Å²) in [5, 5.41) is 10.2. The molecule has 2 heterocycles. The molecule has 0 fully saturated rings. The molecule has 0 atom stereocenters. The average Bonchev–Trinajstić information content (AvgIpc) is 2.99. The van der Waals surface area contributed by atoms with E-state index in [0.29, 0.717) is 5.69 Å². The maximum atomic E-state index is 12.7. The van der Waals surface area contributed by atoms with Gasteiger partial charge in [0.15, 0.2) is 11.4 Å². The van der Waals surface area contributed by atoms with Crippen molar-refractivity contribution >= 4 is 28.1 Å². The first-order chi connectivity index (χ1) is 10.7. The second-order valence-corrected chi connectivity index (χ2v) is 5.11. The third-order valence-electron chi connectivity index (χ3n) is 2.52. The van der Waals surface area contributed by atoms with Gasteiger partial charge in [-0.05, 0) is 13.8 Å². The van der Waals surface area contributed by atoms with Crippen LogP contribution in [0, 0.1) is 6.92 Å². The van der Waals surface area contributed by atoms with Crippen molar-refractivity contribution in [3.8, 4) is 0 Å². The Morgan fingerprint density at radius 1 is 1.35 bits per heavy atom. The molecule has 0 saturated heterocycles. The van der Waals surface area contributed by atoms with Crippen molar-refractivity contribution in [3.05, 3.63) is 26.6 Å². The van der Waals surface area contributed by atoms with Crippen LogP contribution >= 0.6 is 11.3 Å². The number of alkyl halides is 3. The van der Waals surface area contributed by atoms with Crippen molar-refractivity contribution in [1.29, 1.82) is 0 Å². The van der Waals surface area contributed by atoms with Crippen LogP contribution in [0.1, 0.15) is 28.0 Å². The fraction of sp³-hybridized carbons (Fsp3) is 0.364. The minimum Gasteiger partial charge on any atom is -0.462 e. The molecule has 0 spiro atoms. The lowest BCUT2D eigenvalue weighted by Crippen LogP contribution is -2.06. The van der Waals surface area contributed by atoms with Gasteiger partial charge in [-0.1, -0.05) is 11.3 Å². The number of thiazole rings is 1. The van der Waals surface area contributed by atoms with Crippen molar-refractivity contribution in [2.24, 2.45) is 10.2 Å². The van der Waals surface area contributed by atoms with E-state index in [1.807, 2.05) is 0 Å². The summed E-state index contributed by atoms with van der Waals surface area (Å²) < 4.78 is 42.8. The summed E-state index contributed by atoms with van der Waals surface area (Å²) in [6.07, 6.45) is -4.79. The van der Waals surface area contributed by atoms with Gasteiger partial charge in [-0.15, -0.1) is 10.2 Å². The van der Waals surface area contributed by atoms with Gasteiger partial charge >= 0.3 is 12.1 Å². The Bertz CT molecular complexity index is 805. The summed E-state index contributed by atoms with van der Waals surface area (Å²) in [5.41, 5.74) is -3.02. The van der Waals surface area contributed by atoms with Crippen LogP contribution in [0.5, 0.6) is 0 Å². The van der Waals surface area contributed by atoms with Gasteiger partial charge in [-0.25, -0.2) is 9.78 Å². The van der Waals surface area contributed by atoms with Gasteiger partial charge in [0.05, 0.1) is 12.3 Å². The van der Waals surface area contributed by atoms with E-state index >= 15 is 0 Å². The number of H-pyrrole nitrogens is 2. The minimum absolute atomic E-state index is 0.0701. The molecule has 0 aliphatic rings. The van der Waals surface area contributed by atoms with Crippen molar-refractivity contribution in [1.82, 2.24) is 15.2 Å². The SMILES string of the molecule is CCOC(=O)c1sc(N=Nc2c(C(F)(F)F)[nH][nH]c2=O)nc1C. The number of nitrogens with zero attached hydrogens (tertiary/aromatic N) is 3. The summed E-state index contributed by atoms with van der Waals surface area (Å²) >= 11 is 0.799. The van der Waals surface area contributed by atoms with Gasteiger partial charge in [0.1, 0.15) is 4.88 Å². The number of esters is 1. The number of ether oxygens (including phenoxy) is 1. The van der Waals surface area contributed by atoms with Crippen LogP contribution < -0.4 is 5.56 Å². The van der Waals surface area contributed by atoms with E-state index in [4.69, 9.17) is 4.74 Å². The maximum absolute atomic E-state index is 12.7. The zero-order valence-electron chi connectivity index (χ0n) is 11.8. The molecule has 0 unspecified atom stereocenters. The van der Waals surface area contributed by atoms with Gasteiger partial charge in [0, 0.05) is 0 Å². The zero-order chi connectivity index (χ0) is 17.2. The number of rotatable bonds is 4. The highest BCUT2D eigenvalue weighted by Gasteiger charge is 2.37. The van der Waals surface area contributed by atoms with Crippen LogP contribution in [0.3, 0.4) is 0 Å². The second kappa shape index (κ2) is 6.32. The maximum Gasteiger partial charge on any atom is 0.435 e. The number of azo groups is 1. The topological polar surface area (TPSA) is 113 Å². The lowest BCUT2D eigenvalue weighted by atomic mass is 10.4. The highest BCUT2D eigenvalue weighted by Crippen LogP contribution is 2.34. The molecule has 8 nitrogen and oxygen atoms in total. The Kier molecular flexibility index (Phi) is 4.63. The highest BCUT2D eigenvalue weighted by atomic mass is 32.1. The number of hydrogen-bond acceptors (Lipinski definition) is 7. The molecule has 0 bridgehead atoms. The quantitative estimate of drug-likeness (QED) is 0.652. The van der Waals surface area contributed by atoms with Crippen LogP contribution in [0.4, 0.5) is 24.0 Å². The van der Waals surface area contributed by atoms with Gasteiger partial charge < -0.3 is 4.74 Å². The monoisotopic (exact) mass is 349 g/mol. The van der Waals surface area contributed by atoms with Crippen LogP contribution in [0.25, 0.3) is 0 Å². The Morgan fingerprint density at radius 3 is 2.65 bits per heavy atom. The molecule has 2 aromatic rings. The molecule has 0 radical (unpaired) electrons. The van der Waals surface area contributed by atoms with Crippen LogP contribution in [-0.2, 0) is 10.9 Å². The van der Waals surface area contributed by atoms with Crippen molar-refractivity contribution < 1.29 is 22.7 Å². The molecule has 0 aliphatic heterocycles. The summed E-state index contributed by atoms with van der Waals surface area (Å²) in [6, 6.07) is 0. The normalized spacial score (nSPS) is 12.0. The van der Waals surface area contributed by atoms with E-state index in [-0.39, 0.29) is 16.6 Å². The number of aromatic amines is 2. The van der Waals surface area contributed by atoms with E-state index in [1.165, 1.54) is 6.92 Å². The molecular weight excluding hydrogens is 339 g/mol. The first kappa shape index (κ1) is 16.9. The molecule has 23 heavy (non-hydrogen) atoms. The van der Waals surface area contributed by atoms with Gasteiger partial charge in [-0.3, -0.25) is 15.0 Å². The molecular formula is C11H10F3N5O3S. The lowest BCUT2D eigenvalue weighted by Gasteiger charge is -2.01. The summed E-state index contributed by atoms with van der Waals surface area (Å²) in [6.45, 7) is 3.32. The van der Waals surface area contributed by atoms with E-state index in [9.17, 15) is 22.8 Å². The first-order valence-electron chi connectivity index (χ1n) is 6.18. The van der Waals surface area contributed by atoms with Crippen LogP contribution in [-0.4, -0.2) is 27.8 Å². The minimum atomic E-state index is -4.79. The fourth-order valence-electron chi connectivity index (χ4n) is 1.56. The Hall–Kier alpha value is -2.50. The third kappa shape index (κ3) is 3.64. The number of carbonyl (C=O) groups is 1. The lowest BCUT2D eigenvalue weighted by molar-refractivity contribution is -0.140. The number of aryl methyl sites for hydroxylation is 1.